The predicted molar refractivity (Wildman–Crippen MR) is 230 cm³/mol. The van der Waals surface area contributed by atoms with Crippen LogP contribution in [0, 0.1) is 0 Å². The molecule has 0 saturated carbocycles. The summed E-state index contributed by atoms with van der Waals surface area (Å²) < 4.78 is 2.79. The minimum atomic E-state index is 0.175. The topological polar surface area (TPSA) is 38.7 Å². The number of nitrogens with zero attached hydrogens (tertiary/aromatic N) is 3. The molecule has 0 bridgehead atoms. The van der Waals surface area contributed by atoms with Crippen molar-refractivity contribution in [3.05, 3.63) is 200 Å². The van der Waals surface area contributed by atoms with E-state index in [9.17, 15) is 0 Å². The SMILES string of the molecule is c1ccc(-c2ccccc2-c2c(-c3ccccc3)nnnc2-c2cccc(-c3ccccc3)c2-c2c(-c3ccccc3)ccc3[se]c4ccccc4c23)cc1. The van der Waals surface area contributed by atoms with Gasteiger partial charge >= 0.3 is 321 Å². The number of hydrogen-bond donors (Lipinski definition) is 0. The molecule has 0 N–H and O–H groups in total. The minimum absolute atomic E-state index is 0.175. The maximum absolute atomic E-state index is 5.05. The van der Waals surface area contributed by atoms with Crippen LogP contribution in [0.1, 0.15) is 0 Å². The van der Waals surface area contributed by atoms with Crippen LogP contribution in [-0.2, 0) is 0 Å². The van der Waals surface area contributed by atoms with Gasteiger partial charge in [0.1, 0.15) is 0 Å². The molecule has 3 nitrogen and oxygen atoms in total. The Balaban J connectivity index is 1.39. The number of benzene rings is 8. The molecule has 10 rings (SSSR count). The number of fused-ring (bicyclic) bond motifs is 3. The fraction of sp³-hybridized carbons (Fsp3) is 0. The average molecular weight is 767 g/mol. The van der Waals surface area contributed by atoms with Gasteiger partial charge in [-0.15, -0.1) is 0 Å². The summed E-state index contributed by atoms with van der Waals surface area (Å²) in [7, 11) is 0. The van der Waals surface area contributed by atoms with Gasteiger partial charge in [0, 0.05) is 0 Å². The molecule has 0 radical (unpaired) electrons. The van der Waals surface area contributed by atoms with E-state index in [-0.39, 0.29) is 14.5 Å². The van der Waals surface area contributed by atoms with Crippen LogP contribution < -0.4 is 0 Å². The van der Waals surface area contributed by atoms with E-state index in [1.165, 1.54) is 36.0 Å². The van der Waals surface area contributed by atoms with E-state index in [1.54, 1.807) is 0 Å². The van der Waals surface area contributed by atoms with Crippen molar-refractivity contribution in [3.8, 4) is 78.1 Å². The molecule has 0 aliphatic rings. The van der Waals surface area contributed by atoms with Gasteiger partial charge in [-0.1, -0.05) is 6.07 Å². The summed E-state index contributed by atoms with van der Waals surface area (Å²) in [5.41, 5.74) is 14.8. The molecule has 55 heavy (non-hydrogen) atoms. The molecule has 0 atom stereocenters. The monoisotopic (exact) mass is 767 g/mol. The van der Waals surface area contributed by atoms with Gasteiger partial charge < -0.3 is 0 Å². The van der Waals surface area contributed by atoms with E-state index in [2.05, 4.69) is 199 Å². The first-order valence-electron chi connectivity index (χ1n) is 18.5. The fourth-order valence-electron chi connectivity index (χ4n) is 7.95. The van der Waals surface area contributed by atoms with Gasteiger partial charge in [0.25, 0.3) is 0 Å². The van der Waals surface area contributed by atoms with E-state index >= 15 is 0 Å². The van der Waals surface area contributed by atoms with Crippen LogP contribution in [0.4, 0.5) is 0 Å². The zero-order chi connectivity index (χ0) is 36.6. The zero-order valence-electron chi connectivity index (χ0n) is 29.8. The van der Waals surface area contributed by atoms with E-state index in [1.807, 2.05) is 6.07 Å². The van der Waals surface area contributed by atoms with Crippen molar-refractivity contribution >= 4 is 33.8 Å². The van der Waals surface area contributed by atoms with Crippen LogP contribution in [0.2, 0.25) is 0 Å². The van der Waals surface area contributed by atoms with Crippen molar-refractivity contribution in [2.75, 3.05) is 0 Å². The summed E-state index contributed by atoms with van der Waals surface area (Å²) in [5.74, 6) is 0. The second-order valence-corrected chi connectivity index (χ2v) is 15.8. The van der Waals surface area contributed by atoms with Crippen molar-refractivity contribution in [2.45, 2.75) is 0 Å². The third-order valence-corrected chi connectivity index (χ3v) is 12.8. The Hall–Kier alpha value is -6.71. The molecule has 0 spiro atoms. The van der Waals surface area contributed by atoms with Crippen LogP contribution in [-0.4, -0.2) is 29.9 Å². The molecule has 0 aliphatic carbocycles. The molecule has 0 unspecified atom stereocenters. The number of aromatic nitrogens is 3. The number of rotatable bonds is 7. The molecule has 10 aromatic rings. The Kier molecular flexibility index (Phi) is 8.53. The van der Waals surface area contributed by atoms with Crippen LogP contribution in [0.15, 0.2) is 200 Å². The summed E-state index contributed by atoms with van der Waals surface area (Å²) in [5, 5.41) is 17.0. The van der Waals surface area contributed by atoms with Crippen LogP contribution in [0.5, 0.6) is 0 Å². The summed E-state index contributed by atoms with van der Waals surface area (Å²) in [4.78, 5) is 0. The standard InChI is InChI=1S/C51H33N3Se/c1-5-18-34(19-6-1)38-26-13-14-27-41(38)49-50(37-24-11-4-12-25-37)52-54-53-51(49)43-30-17-29-39(35-20-7-2-8-21-35)46(43)48-40(36-22-9-3-10-23-36)32-33-45-47(48)42-28-15-16-31-44(42)55-45/h1-33H. The third kappa shape index (κ3) is 5.89. The Morgan fingerprint density at radius 1 is 0.291 bits per heavy atom. The fourth-order valence-corrected chi connectivity index (χ4v) is 10.3. The molecule has 258 valence electrons. The Morgan fingerprint density at radius 2 is 0.782 bits per heavy atom. The molecule has 0 saturated heterocycles. The first-order chi connectivity index (χ1) is 27.3. The molecule has 8 aromatic carbocycles. The number of hydrogen-bond acceptors (Lipinski definition) is 3. The first kappa shape index (κ1) is 32.9. The van der Waals surface area contributed by atoms with Gasteiger partial charge in [0.2, 0.25) is 0 Å². The van der Waals surface area contributed by atoms with Gasteiger partial charge in [-0.2, -0.15) is 0 Å². The van der Waals surface area contributed by atoms with Gasteiger partial charge in [0.15, 0.2) is 0 Å². The third-order valence-electron chi connectivity index (χ3n) is 10.4. The molecular weight excluding hydrogens is 734 g/mol. The van der Waals surface area contributed by atoms with E-state index in [0.717, 1.165) is 61.5 Å². The van der Waals surface area contributed by atoms with Crippen molar-refractivity contribution in [3.63, 3.8) is 0 Å². The van der Waals surface area contributed by atoms with Gasteiger partial charge in [-0.05, 0) is 0 Å². The van der Waals surface area contributed by atoms with Crippen molar-refractivity contribution < 1.29 is 0 Å². The molecule has 2 aromatic heterocycles. The second-order valence-electron chi connectivity index (χ2n) is 13.6. The molecule has 0 amide bonds. The summed E-state index contributed by atoms with van der Waals surface area (Å²) in [6.45, 7) is 0. The molecule has 4 heteroatoms. The molecular formula is C51H33N3Se. The normalized spacial score (nSPS) is 11.3. The van der Waals surface area contributed by atoms with Crippen LogP contribution in [0.25, 0.3) is 97.4 Å². The van der Waals surface area contributed by atoms with E-state index in [0.29, 0.717) is 0 Å². The van der Waals surface area contributed by atoms with E-state index in [4.69, 9.17) is 10.2 Å². The first-order valence-corrected chi connectivity index (χ1v) is 20.2. The Morgan fingerprint density at radius 3 is 1.45 bits per heavy atom. The zero-order valence-corrected chi connectivity index (χ0v) is 31.5. The van der Waals surface area contributed by atoms with Crippen molar-refractivity contribution in [1.29, 1.82) is 0 Å². The quantitative estimate of drug-likeness (QED) is 0.152. The Bertz CT molecular complexity index is 2960. The molecule has 2 heterocycles. The molecule has 0 fully saturated rings. The second kappa shape index (κ2) is 14.3. The maximum atomic E-state index is 5.05. The van der Waals surface area contributed by atoms with Crippen molar-refractivity contribution in [1.82, 2.24) is 15.4 Å². The molecule has 0 aliphatic heterocycles. The van der Waals surface area contributed by atoms with Crippen molar-refractivity contribution in [2.24, 2.45) is 0 Å². The Labute approximate surface area is 326 Å². The summed E-state index contributed by atoms with van der Waals surface area (Å²) >= 11 is 0.175. The van der Waals surface area contributed by atoms with E-state index < -0.39 is 0 Å². The summed E-state index contributed by atoms with van der Waals surface area (Å²) in [6, 6.07) is 71.4. The van der Waals surface area contributed by atoms with Crippen LogP contribution in [0.3, 0.4) is 0 Å². The summed E-state index contributed by atoms with van der Waals surface area (Å²) in [6.07, 6.45) is 0. The van der Waals surface area contributed by atoms with Gasteiger partial charge in [0.05, 0.1) is 0 Å². The predicted octanol–water partition coefficient (Wildman–Crippen LogP) is 12.9. The van der Waals surface area contributed by atoms with Gasteiger partial charge in [-0.3, -0.25) is 0 Å². The van der Waals surface area contributed by atoms with Crippen LogP contribution >= 0.6 is 0 Å². The average Bonchev–Trinajstić information content (AvgIpc) is 3.66. The van der Waals surface area contributed by atoms with Gasteiger partial charge in [-0.25, -0.2) is 0 Å².